The van der Waals surface area contributed by atoms with Crippen molar-refractivity contribution in [2.45, 2.75) is 70.5 Å². The van der Waals surface area contributed by atoms with Crippen molar-refractivity contribution >= 4 is 27.6 Å². The Labute approximate surface area is 185 Å². The first-order valence-electron chi connectivity index (χ1n) is 10.9. The maximum Gasteiger partial charge on any atom is 0.321 e. The van der Waals surface area contributed by atoms with Crippen molar-refractivity contribution in [3.63, 3.8) is 0 Å². The van der Waals surface area contributed by atoms with Crippen LogP contribution in [0, 0.1) is 0 Å². The topological polar surface area (TPSA) is 104 Å². The second kappa shape index (κ2) is 9.30. The zero-order valence-electron chi connectivity index (χ0n) is 19.1. The minimum Gasteiger partial charge on any atom is -0.372 e. The number of ether oxygens (including phenoxy) is 1. The molecule has 3 heterocycles. The number of piperidine rings is 1. The average Bonchev–Trinajstić information content (AvgIpc) is 2.67. The molecule has 3 rings (SSSR count). The fourth-order valence-corrected chi connectivity index (χ4v) is 4.84. The summed E-state index contributed by atoms with van der Waals surface area (Å²) in [6, 6.07) is 3.43. The van der Waals surface area contributed by atoms with E-state index in [1.165, 1.54) is 0 Å². The summed E-state index contributed by atoms with van der Waals surface area (Å²) in [5.74, 6) is 0.868. The molecule has 0 saturated carbocycles. The third kappa shape index (κ3) is 6.08. The molecule has 9 nitrogen and oxygen atoms in total. The van der Waals surface area contributed by atoms with E-state index in [1.54, 1.807) is 31.9 Å². The molecule has 0 spiro atoms. The van der Waals surface area contributed by atoms with E-state index in [0.717, 1.165) is 18.9 Å². The molecule has 2 aliphatic rings. The highest BCUT2D eigenvalue weighted by Crippen LogP contribution is 2.21. The van der Waals surface area contributed by atoms with Gasteiger partial charge in [-0.1, -0.05) is 0 Å². The Morgan fingerprint density at radius 3 is 2.26 bits per heavy atom. The normalized spacial score (nSPS) is 23.6. The number of sulfonamides is 1. The molecule has 2 saturated heterocycles. The number of pyridine rings is 1. The van der Waals surface area contributed by atoms with Crippen LogP contribution in [0.1, 0.15) is 47.5 Å². The van der Waals surface area contributed by atoms with E-state index >= 15 is 0 Å². The highest BCUT2D eigenvalue weighted by Gasteiger charge is 2.33. The Hall–Kier alpha value is -1.91. The summed E-state index contributed by atoms with van der Waals surface area (Å²) >= 11 is 0. The van der Waals surface area contributed by atoms with Crippen molar-refractivity contribution < 1.29 is 17.9 Å². The van der Waals surface area contributed by atoms with Gasteiger partial charge in [-0.15, -0.1) is 0 Å². The van der Waals surface area contributed by atoms with E-state index in [0.29, 0.717) is 31.6 Å². The summed E-state index contributed by atoms with van der Waals surface area (Å²) in [6.07, 6.45) is 3.16. The molecule has 0 radical (unpaired) electrons. The molecule has 0 aliphatic carbocycles. The fraction of sp³-hybridized carbons (Fsp3) is 0.714. The predicted molar refractivity (Wildman–Crippen MR) is 122 cm³/mol. The summed E-state index contributed by atoms with van der Waals surface area (Å²) in [5.41, 5.74) is 0.638. The third-order valence-corrected chi connectivity index (χ3v) is 7.91. The lowest BCUT2D eigenvalue weighted by molar-refractivity contribution is -0.00545. The first-order valence-corrected chi connectivity index (χ1v) is 12.4. The summed E-state index contributed by atoms with van der Waals surface area (Å²) < 4.78 is 32.4. The molecule has 1 aromatic heterocycles. The molecular weight excluding hydrogens is 418 g/mol. The maximum absolute atomic E-state index is 12.6. The van der Waals surface area contributed by atoms with Crippen molar-refractivity contribution in [3.05, 3.63) is 18.3 Å². The molecule has 2 amide bonds. The maximum atomic E-state index is 12.6. The zero-order chi connectivity index (χ0) is 22.8. The van der Waals surface area contributed by atoms with Crippen LogP contribution >= 0.6 is 0 Å². The smallest absolute Gasteiger partial charge is 0.321 e. The van der Waals surface area contributed by atoms with E-state index in [-0.39, 0.29) is 24.3 Å². The van der Waals surface area contributed by atoms with Crippen molar-refractivity contribution in [3.8, 4) is 0 Å². The van der Waals surface area contributed by atoms with Crippen LogP contribution in [-0.4, -0.2) is 73.5 Å². The number of urea groups is 1. The quantitative estimate of drug-likeness (QED) is 0.726. The fourth-order valence-electron chi connectivity index (χ4n) is 3.81. The number of carbonyl (C=O) groups is 1. The number of anilines is 2. The Morgan fingerprint density at radius 1 is 1.13 bits per heavy atom. The number of aromatic nitrogens is 1. The van der Waals surface area contributed by atoms with Gasteiger partial charge in [-0.05, 0) is 59.6 Å². The van der Waals surface area contributed by atoms with Crippen LogP contribution in [-0.2, 0) is 14.8 Å². The van der Waals surface area contributed by atoms with Gasteiger partial charge in [-0.3, -0.25) is 0 Å². The van der Waals surface area contributed by atoms with Gasteiger partial charge < -0.3 is 19.9 Å². The van der Waals surface area contributed by atoms with Crippen LogP contribution < -0.4 is 14.9 Å². The van der Waals surface area contributed by atoms with Gasteiger partial charge in [0.15, 0.2) is 0 Å². The Kier molecular flexibility index (Phi) is 7.12. The molecule has 10 heteroatoms. The van der Waals surface area contributed by atoms with Crippen LogP contribution in [0.15, 0.2) is 18.3 Å². The van der Waals surface area contributed by atoms with E-state index in [1.807, 2.05) is 12.1 Å². The zero-order valence-corrected chi connectivity index (χ0v) is 19.9. The number of nitrogens with zero attached hydrogens (tertiary/aromatic N) is 3. The molecule has 2 N–H and O–H groups in total. The molecule has 0 bridgehead atoms. The minimum atomic E-state index is -3.39. The summed E-state index contributed by atoms with van der Waals surface area (Å²) in [6.45, 7) is 11.7. The summed E-state index contributed by atoms with van der Waals surface area (Å²) in [4.78, 5) is 21.0. The van der Waals surface area contributed by atoms with Crippen LogP contribution in [0.25, 0.3) is 0 Å². The number of amides is 2. The Bertz CT molecular complexity index is 851. The first kappa shape index (κ1) is 23.7. The highest BCUT2D eigenvalue weighted by molar-refractivity contribution is 7.90. The molecule has 2 aliphatic heterocycles. The van der Waals surface area contributed by atoms with Gasteiger partial charge in [0, 0.05) is 32.2 Å². The van der Waals surface area contributed by atoms with Crippen molar-refractivity contribution in [2.75, 3.05) is 36.4 Å². The minimum absolute atomic E-state index is 0.146. The molecule has 31 heavy (non-hydrogen) atoms. The van der Waals surface area contributed by atoms with Gasteiger partial charge in [0.2, 0.25) is 10.0 Å². The van der Waals surface area contributed by atoms with E-state index in [4.69, 9.17) is 4.74 Å². The van der Waals surface area contributed by atoms with E-state index < -0.39 is 14.8 Å². The molecule has 1 aromatic rings. The summed E-state index contributed by atoms with van der Waals surface area (Å²) in [5, 5.41) is 2.89. The lowest BCUT2D eigenvalue weighted by Gasteiger charge is -2.36. The number of hydrogen-bond donors (Lipinski definition) is 2. The molecule has 0 aromatic carbocycles. The van der Waals surface area contributed by atoms with Gasteiger partial charge in [0.25, 0.3) is 0 Å². The number of rotatable bonds is 4. The van der Waals surface area contributed by atoms with Crippen molar-refractivity contribution in [1.29, 1.82) is 0 Å². The molecule has 174 valence electrons. The number of hydrogen-bond acceptors (Lipinski definition) is 6. The molecular formula is C21H35N5O4S. The Balaban J connectivity index is 1.50. The van der Waals surface area contributed by atoms with Crippen LogP contribution in [0.5, 0.6) is 0 Å². The third-order valence-electron chi connectivity index (χ3n) is 5.65. The average molecular weight is 454 g/mol. The lowest BCUT2D eigenvalue weighted by Crippen LogP contribution is -2.50. The van der Waals surface area contributed by atoms with Gasteiger partial charge in [-0.2, -0.15) is 0 Å². The first-order chi connectivity index (χ1) is 14.4. The second-order valence-corrected chi connectivity index (χ2v) is 12.0. The van der Waals surface area contributed by atoms with Gasteiger partial charge in [-0.25, -0.2) is 22.9 Å². The van der Waals surface area contributed by atoms with Crippen molar-refractivity contribution in [2.24, 2.45) is 0 Å². The molecule has 2 atom stereocenters. The van der Waals surface area contributed by atoms with E-state index in [9.17, 15) is 13.2 Å². The monoisotopic (exact) mass is 453 g/mol. The predicted octanol–water partition coefficient (Wildman–Crippen LogP) is 2.41. The van der Waals surface area contributed by atoms with Gasteiger partial charge in [0.1, 0.15) is 5.82 Å². The highest BCUT2D eigenvalue weighted by atomic mass is 32.2. The Morgan fingerprint density at radius 2 is 1.74 bits per heavy atom. The van der Waals surface area contributed by atoms with Crippen LogP contribution in [0.3, 0.4) is 0 Å². The number of nitrogens with one attached hydrogen (secondary N) is 2. The number of morpholine rings is 1. The SMILES string of the molecule is C[C@@H]1CN(c2ccc(NC(=O)N3CCC(NS(=O)(=O)C(C)(C)C)CC3)cn2)C[C@H](C)O1. The largest absolute Gasteiger partial charge is 0.372 e. The van der Waals surface area contributed by atoms with Crippen molar-refractivity contribution in [1.82, 2.24) is 14.6 Å². The van der Waals surface area contributed by atoms with E-state index in [2.05, 4.69) is 33.8 Å². The second-order valence-electron chi connectivity index (χ2n) is 9.49. The van der Waals surface area contributed by atoms with Gasteiger partial charge >= 0.3 is 6.03 Å². The number of likely N-dealkylation sites (tertiary alicyclic amines) is 1. The number of carbonyl (C=O) groups excluding carboxylic acids is 1. The summed E-state index contributed by atoms with van der Waals surface area (Å²) in [7, 11) is -3.39. The standard InChI is InChI=1S/C21H35N5O4S/c1-15-13-26(14-16(2)30-15)19-7-6-18(12-22-19)23-20(27)25-10-8-17(9-11-25)24-31(28,29)21(3,4)5/h6-7,12,15-17,24H,8-11,13-14H2,1-5H3,(H,23,27)/t15-,16+. The molecule has 0 unspecified atom stereocenters. The molecule has 2 fully saturated rings. The van der Waals surface area contributed by atoms with Gasteiger partial charge in [0.05, 0.1) is 28.8 Å². The van der Waals surface area contributed by atoms with Crippen LogP contribution in [0.4, 0.5) is 16.3 Å². The van der Waals surface area contributed by atoms with Crippen LogP contribution in [0.2, 0.25) is 0 Å². The lowest BCUT2D eigenvalue weighted by atomic mass is 10.1.